The smallest absolute Gasteiger partial charge is 0.259 e. The fraction of sp³-hybridized carbons (Fsp3) is 0.720. The maximum absolute atomic E-state index is 14.0. The molecule has 6 heteroatoms. The Balaban J connectivity index is 1.40. The highest BCUT2D eigenvalue weighted by atomic mass is 19.3. The Morgan fingerprint density at radius 1 is 1.03 bits per heavy atom. The first-order valence-electron chi connectivity index (χ1n) is 12.1. The van der Waals surface area contributed by atoms with Crippen molar-refractivity contribution in [2.75, 3.05) is 32.7 Å². The first-order chi connectivity index (χ1) is 14.9. The van der Waals surface area contributed by atoms with Gasteiger partial charge in [0.05, 0.1) is 0 Å². The van der Waals surface area contributed by atoms with Crippen molar-refractivity contribution < 1.29 is 18.7 Å². The number of rotatable bonds is 6. The van der Waals surface area contributed by atoms with Crippen LogP contribution in [-0.4, -0.2) is 59.5 Å². The highest BCUT2D eigenvalue weighted by molar-refractivity contribution is 5.87. The van der Waals surface area contributed by atoms with E-state index in [1.54, 1.807) is 29.2 Å². The number of carbonyl (C=O) groups excluding carboxylic acids is 1. The highest BCUT2D eigenvalue weighted by Crippen LogP contribution is 2.48. The molecule has 0 unspecified atom stereocenters. The summed E-state index contributed by atoms with van der Waals surface area (Å²) in [5.41, 5.74) is -1.43. The van der Waals surface area contributed by atoms with Crippen molar-refractivity contribution in [2.24, 2.45) is 11.8 Å². The van der Waals surface area contributed by atoms with Gasteiger partial charge in [-0.3, -0.25) is 4.79 Å². The van der Waals surface area contributed by atoms with E-state index in [1.807, 2.05) is 6.07 Å². The molecule has 1 aromatic carbocycles. The molecule has 1 amide bonds. The molecule has 1 saturated carbocycles. The number of piperidine rings is 2. The summed E-state index contributed by atoms with van der Waals surface area (Å²) in [6.45, 7) is 4.73. The molecule has 0 radical (unpaired) electrons. The first kappa shape index (κ1) is 22.7. The third kappa shape index (κ3) is 5.11. The minimum atomic E-state index is -2.81. The minimum absolute atomic E-state index is 0.163. The second-order valence-electron chi connectivity index (χ2n) is 9.85. The predicted octanol–water partition coefficient (Wildman–Crippen LogP) is 4.42. The monoisotopic (exact) mass is 434 g/mol. The summed E-state index contributed by atoms with van der Waals surface area (Å²) in [6.07, 6.45) is 6.40. The van der Waals surface area contributed by atoms with E-state index < -0.39 is 29.8 Å². The van der Waals surface area contributed by atoms with Gasteiger partial charge in [0.25, 0.3) is 5.91 Å². The molecule has 0 aromatic heterocycles. The summed E-state index contributed by atoms with van der Waals surface area (Å²) < 4.78 is 28.0. The van der Waals surface area contributed by atoms with Crippen LogP contribution in [0.1, 0.15) is 63.4 Å². The highest BCUT2D eigenvalue weighted by Gasteiger charge is 2.54. The number of carbonyl (C=O) groups is 1. The van der Waals surface area contributed by atoms with Crippen molar-refractivity contribution in [1.82, 2.24) is 9.80 Å². The second kappa shape index (κ2) is 9.53. The minimum Gasteiger partial charge on any atom is -0.375 e. The molecule has 2 heterocycles. The average Bonchev–Trinajstić information content (AvgIpc) is 3.18. The van der Waals surface area contributed by atoms with Crippen molar-refractivity contribution in [1.29, 1.82) is 0 Å². The molecule has 4 nitrogen and oxygen atoms in total. The maximum Gasteiger partial charge on any atom is 0.259 e. The lowest BCUT2D eigenvalue weighted by molar-refractivity contribution is -0.162. The molecule has 1 aliphatic carbocycles. The van der Waals surface area contributed by atoms with E-state index in [1.165, 1.54) is 32.4 Å². The Morgan fingerprint density at radius 2 is 1.71 bits per heavy atom. The molecule has 31 heavy (non-hydrogen) atoms. The Bertz CT molecular complexity index is 730. The number of benzene rings is 1. The fourth-order valence-corrected chi connectivity index (χ4v) is 5.75. The average molecular weight is 435 g/mol. The summed E-state index contributed by atoms with van der Waals surface area (Å²) in [5, 5.41) is 11.6. The molecule has 2 atom stereocenters. The lowest BCUT2D eigenvalue weighted by atomic mass is 9.78. The lowest BCUT2D eigenvalue weighted by Gasteiger charge is -2.41. The number of likely N-dealkylation sites (tertiary alicyclic amines) is 2. The van der Waals surface area contributed by atoms with Crippen LogP contribution in [0.4, 0.5) is 8.78 Å². The largest absolute Gasteiger partial charge is 0.375 e. The molecule has 0 spiro atoms. The Labute approximate surface area is 184 Å². The van der Waals surface area contributed by atoms with Crippen LogP contribution < -0.4 is 0 Å². The quantitative estimate of drug-likeness (QED) is 0.721. The van der Waals surface area contributed by atoms with Crippen LogP contribution in [0, 0.1) is 11.8 Å². The normalized spacial score (nSPS) is 27.2. The molecule has 2 aliphatic heterocycles. The fourth-order valence-electron chi connectivity index (χ4n) is 5.75. The van der Waals surface area contributed by atoms with Crippen molar-refractivity contribution >= 4 is 5.91 Å². The van der Waals surface area contributed by atoms with E-state index in [4.69, 9.17) is 0 Å². The van der Waals surface area contributed by atoms with Gasteiger partial charge in [-0.25, -0.2) is 8.78 Å². The molecule has 2 saturated heterocycles. The molecule has 172 valence electrons. The number of amides is 1. The third-order valence-electron chi connectivity index (χ3n) is 7.74. The van der Waals surface area contributed by atoms with Gasteiger partial charge >= 0.3 is 0 Å². The van der Waals surface area contributed by atoms with Crippen molar-refractivity contribution in [3.63, 3.8) is 0 Å². The van der Waals surface area contributed by atoms with Crippen LogP contribution in [0.15, 0.2) is 30.3 Å². The predicted molar refractivity (Wildman–Crippen MR) is 117 cm³/mol. The summed E-state index contributed by atoms with van der Waals surface area (Å²) in [6, 6.07) is 8.71. The number of alkyl halides is 2. The van der Waals surface area contributed by atoms with Crippen LogP contribution in [0.5, 0.6) is 0 Å². The van der Waals surface area contributed by atoms with Crippen molar-refractivity contribution in [3.8, 4) is 0 Å². The lowest BCUT2D eigenvalue weighted by Crippen LogP contribution is -2.53. The van der Waals surface area contributed by atoms with Crippen molar-refractivity contribution in [2.45, 2.75) is 69.3 Å². The van der Waals surface area contributed by atoms with Crippen LogP contribution >= 0.6 is 0 Å². The van der Waals surface area contributed by atoms with E-state index in [-0.39, 0.29) is 12.8 Å². The van der Waals surface area contributed by atoms with Crippen molar-refractivity contribution in [3.05, 3.63) is 35.9 Å². The maximum atomic E-state index is 14.0. The molecule has 1 N–H and O–H groups in total. The molecule has 3 fully saturated rings. The van der Waals surface area contributed by atoms with Gasteiger partial charge in [0.1, 0.15) is 0 Å². The number of hydrogen-bond donors (Lipinski definition) is 1. The Hall–Kier alpha value is -1.53. The first-order valence-corrected chi connectivity index (χ1v) is 12.1. The molecular formula is C25H36F2N2O2. The Kier molecular flexibility index (Phi) is 6.97. The van der Waals surface area contributed by atoms with Crippen LogP contribution in [0.25, 0.3) is 0 Å². The van der Waals surface area contributed by atoms with Gasteiger partial charge < -0.3 is 14.9 Å². The molecule has 0 bridgehead atoms. The van der Waals surface area contributed by atoms with Gasteiger partial charge in [0, 0.05) is 31.8 Å². The molecule has 3 aliphatic rings. The van der Waals surface area contributed by atoms with E-state index >= 15 is 0 Å². The van der Waals surface area contributed by atoms with E-state index in [0.717, 1.165) is 25.8 Å². The van der Waals surface area contributed by atoms with Crippen LogP contribution in [0.3, 0.4) is 0 Å². The standard InChI is InChI=1S/C25H36F2N2O2/c26-24(27)13-9-22(19-24)25(31,21-7-3-1-4-8-21)23(30)29-17-11-20(12-18-29)10-16-28-14-5-2-6-15-28/h1,3-4,7-8,20,22,31H,2,5-6,9-19H2/t22-,25+/m1/s1. The summed E-state index contributed by atoms with van der Waals surface area (Å²) in [7, 11) is 0. The van der Waals surface area contributed by atoms with E-state index in [0.29, 0.717) is 24.6 Å². The number of nitrogens with zero attached hydrogens (tertiary/aromatic N) is 2. The van der Waals surface area contributed by atoms with Gasteiger partial charge in [-0.2, -0.15) is 0 Å². The van der Waals surface area contributed by atoms with Gasteiger partial charge in [0.15, 0.2) is 5.60 Å². The van der Waals surface area contributed by atoms with Gasteiger partial charge in [-0.1, -0.05) is 36.8 Å². The van der Waals surface area contributed by atoms with E-state index in [9.17, 15) is 18.7 Å². The molecular weight excluding hydrogens is 398 g/mol. The third-order valence-corrected chi connectivity index (χ3v) is 7.74. The van der Waals surface area contributed by atoms with Gasteiger partial charge in [-0.05, 0) is 69.6 Å². The van der Waals surface area contributed by atoms with E-state index in [2.05, 4.69) is 4.90 Å². The van der Waals surface area contributed by atoms with Gasteiger partial charge in [-0.15, -0.1) is 0 Å². The summed E-state index contributed by atoms with van der Waals surface area (Å²) >= 11 is 0. The molecule has 1 aromatic rings. The van der Waals surface area contributed by atoms with Crippen LogP contribution in [0.2, 0.25) is 0 Å². The zero-order valence-corrected chi connectivity index (χ0v) is 18.4. The Morgan fingerprint density at radius 3 is 2.32 bits per heavy atom. The topological polar surface area (TPSA) is 43.8 Å². The molecule has 4 rings (SSSR count). The number of halogens is 2. The van der Waals surface area contributed by atoms with Gasteiger partial charge in [0.2, 0.25) is 5.92 Å². The number of hydrogen-bond acceptors (Lipinski definition) is 3. The second-order valence-corrected chi connectivity index (χ2v) is 9.85. The van der Waals surface area contributed by atoms with Crippen LogP contribution in [-0.2, 0) is 10.4 Å². The summed E-state index contributed by atoms with van der Waals surface area (Å²) in [4.78, 5) is 17.8. The SMILES string of the molecule is O=C(N1CCC(CCN2CCCCC2)CC1)[C@](O)(c1ccccc1)[C@@H]1CCC(F)(F)C1. The zero-order chi connectivity index (χ0) is 21.9. The zero-order valence-electron chi connectivity index (χ0n) is 18.4. The number of aliphatic hydroxyl groups is 1. The summed E-state index contributed by atoms with van der Waals surface area (Å²) in [5.74, 6) is -3.37.